The molecule has 2 amide bonds. The van der Waals surface area contributed by atoms with Crippen LogP contribution in [0.4, 0.5) is 4.79 Å². The first-order valence-electron chi connectivity index (χ1n) is 4.10. The smallest absolute Gasteiger partial charge is 0.314 e. The normalized spacial score (nSPS) is 24.1. The van der Waals surface area contributed by atoms with Crippen molar-refractivity contribution in [3.63, 3.8) is 0 Å². The maximum absolute atomic E-state index is 10.8. The molecule has 1 aliphatic rings. The summed E-state index contributed by atoms with van der Waals surface area (Å²) in [4.78, 5) is 12.5. The van der Waals surface area contributed by atoms with Crippen molar-refractivity contribution < 1.29 is 4.79 Å². The van der Waals surface area contributed by atoms with Gasteiger partial charge in [-0.1, -0.05) is 11.9 Å². The Morgan fingerprint density at radius 1 is 1.67 bits per heavy atom. The predicted octanol–water partition coefficient (Wildman–Crippen LogP) is 0.384. The van der Waals surface area contributed by atoms with E-state index in [9.17, 15) is 4.79 Å². The number of urea groups is 1. The first-order chi connectivity index (χ1) is 5.74. The first-order valence-corrected chi connectivity index (χ1v) is 5.15. The quantitative estimate of drug-likeness (QED) is 0.617. The third-order valence-electron chi connectivity index (χ3n) is 2.16. The number of carbonyl (C=O) groups is 1. The molecule has 0 bridgehead atoms. The van der Waals surface area contributed by atoms with E-state index in [0.717, 1.165) is 31.7 Å². The summed E-state index contributed by atoms with van der Waals surface area (Å²) in [6.07, 6.45) is 2.21. The highest BCUT2D eigenvalue weighted by atomic mass is 32.2. The second kappa shape index (κ2) is 4.57. The molecular weight excluding hydrogens is 174 g/mol. The standard InChI is InChI=1S/C7H15N3OS/c8-7(11)10-3-1-2-6(4-10)5-12-9/h6H,1-5,9H2,(H2,8,11). The van der Waals surface area contributed by atoms with Crippen molar-refractivity contribution in [3.05, 3.63) is 0 Å². The van der Waals surface area contributed by atoms with E-state index < -0.39 is 0 Å². The van der Waals surface area contributed by atoms with E-state index in [-0.39, 0.29) is 6.03 Å². The largest absolute Gasteiger partial charge is 0.351 e. The molecule has 5 heteroatoms. The molecule has 4 N–H and O–H groups in total. The highest BCUT2D eigenvalue weighted by Crippen LogP contribution is 2.18. The number of hydrogen-bond donors (Lipinski definition) is 2. The van der Waals surface area contributed by atoms with Gasteiger partial charge in [0, 0.05) is 18.8 Å². The molecule has 1 atom stereocenters. The van der Waals surface area contributed by atoms with Gasteiger partial charge in [-0.05, 0) is 18.8 Å². The molecule has 1 aliphatic heterocycles. The lowest BCUT2D eigenvalue weighted by Crippen LogP contribution is -2.43. The summed E-state index contributed by atoms with van der Waals surface area (Å²) in [6.45, 7) is 1.58. The topological polar surface area (TPSA) is 72.3 Å². The summed E-state index contributed by atoms with van der Waals surface area (Å²) in [5.74, 6) is 1.45. The molecule has 70 valence electrons. The van der Waals surface area contributed by atoms with Gasteiger partial charge in [-0.3, -0.25) is 5.14 Å². The Balaban J connectivity index is 2.35. The first kappa shape index (κ1) is 9.67. The molecular formula is C7H15N3OS. The van der Waals surface area contributed by atoms with Gasteiger partial charge in [-0.25, -0.2) is 4.79 Å². The molecule has 0 aromatic rings. The summed E-state index contributed by atoms with van der Waals surface area (Å²) in [7, 11) is 0. The number of nitrogens with zero attached hydrogens (tertiary/aromatic N) is 1. The molecule has 1 unspecified atom stereocenters. The van der Waals surface area contributed by atoms with Gasteiger partial charge in [0.1, 0.15) is 0 Å². The molecule has 0 spiro atoms. The lowest BCUT2D eigenvalue weighted by Gasteiger charge is -2.30. The Labute approximate surface area is 76.8 Å². The van der Waals surface area contributed by atoms with Crippen LogP contribution in [0, 0.1) is 5.92 Å². The van der Waals surface area contributed by atoms with Crippen LogP contribution in [0.1, 0.15) is 12.8 Å². The third kappa shape index (κ3) is 2.57. The van der Waals surface area contributed by atoms with Crippen molar-refractivity contribution >= 4 is 18.0 Å². The Morgan fingerprint density at radius 3 is 3.00 bits per heavy atom. The Hall–Kier alpha value is -0.420. The fourth-order valence-electron chi connectivity index (χ4n) is 1.54. The van der Waals surface area contributed by atoms with E-state index in [0.29, 0.717) is 5.92 Å². The zero-order valence-electron chi connectivity index (χ0n) is 7.03. The third-order valence-corrected chi connectivity index (χ3v) is 2.83. The highest BCUT2D eigenvalue weighted by Gasteiger charge is 2.21. The van der Waals surface area contributed by atoms with Crippen LogP contribution in [0.3, 0.4) is 0 Å². The SMILES string of the molecule is NSCC1CCCN(C(N)=O)C1. The number of amides is 2. The molecule has 1 rings (SSSR count). The van der Waals surface area contributed by atoms with E-state index in [4.69, 9.17) is 10.9 Å². The molecule has 0 saturated carbocycles. The van der Waals surface area contributed by atoms with Crippen LogP contribution in [-0.4, -0.2) is 29.8 Å². The van der Waals surface area contributed by atoms with Crippen LogP contribution in [0.25, 0.3) is 0 Å². The van der Waals surface area contributed by atoms with Gasteiger partial charge in [-0.2, -0.15) is 0 Å². The summed E-state index contributed by atoms with van der Waals surface area (Å²) in [6, 6.07) is -0.304. The van der Waals surface area contributed by atoms with Crippen molar-refractivity contribution in [1.82, 2.24) is 4.90 Å². The lowest BCUT2D eigenvalue weighted by atomic mass is 10.0. The van der Waals surface area contributed by atoms with Crippen molar-refractivity contribution in [3.8, 4) is 0 Å². The summed E-state index contributed by atoms with van der Waals surface area (Å²) in [5.41, 5.74) is 5.17. The van der Waals surface area contributed by atoms with Gasteiger partial charge in [0.05, 0.1) is 0 Å². The van der Waals surface area contributed by atoms with Crippen LogP contribution in [0.2, 0.25) is 0 Å². The Bertz CT molecular complexity index is 163. The number of nitrogens with two attached hydrogens (primary N) is 2. The zero-order chi connectivity index (χ0) is 8.97. The maximum atomic E-state index is 10.8. The van der Waals surface area contributed by atoms with Crippen LogP contribution < -0.4 is 10.9 Å². The van der Waals surface area contributed by atoms with E-state index >= 15 is 0 Å². The average Bonchev–Trinajstić information content (AvgIpc) is 2.05. The number of hydrogen-bond acceptors (Lipinski definition) is 3. The van der Waals surface area contributed by atoms with Crippen molar-refractivity contribution in [2.75, 3.05) is 18.8 Å². The summed E-state index contributed by atoms with van der Waals surface area (Å²) < 4.78 is 0. The number of primary amides is 1. The van der Waals surface area contributed by atoms with Crippen molar-refractivity contribution in [2.45, 2.75) is 12.8 Å². The summed E-state index contributed by atoms with van der Waals surface area (Å²) >= 11 is 1.34. The van der Waals surface area contributed by atoms with Crippen LogP contribution >= 0.6 is 11.9 Å². The fourth-order valence-corrected chi connectivity index (χ4v) is 2.08. The van der Waals surface area contributed by atoms with Gasteiger partial charge in [-0.15, -0.1) is 0 Å². The van der Waals surface area contributed by atoms with E-state index in [1.807, 2.05) is 0 Å². The second-order valence-corrected chi connectivity index (χ2v) is 3.79. The fraction of sp³-hybridized carbons (Fsp3) is 0.857. The number of piperidine rings is 1. The zero-order valence-corrected chi connectivity index (χ0v) is 7.85. The number of likely N-dealkylation sites (tertiary alicyclic amines) is 1. The molecule has 0 aromatic carbocycles. The van der Waals surface area contributed by atoms with E-state index in [2.05, 4.69) is 0 Å². The van der Waals surface area contributed by atoms with E-state index in [1.54, 1.807) is 4.90 Å². The average molecular weight is 189 g/mol. The molecule has 4 nitrogen and oxygen atoms in total. The minimum absolute atomic E-state index is 0.304. The second-order valence-electron chi connectivity index (χ2n) is 3.13. The predicted molar refractivity (Wildman–Crippen MR) is 50.5 cm³/mol. The molecule has 0 radical (unpaired) electrons. The van der Waals surface area contributed by atoms with Gasteiger partial charge in [0.2, 0.25) is 0 Å². The Morgan fingerprint density at radius 2 is 2.42 bits per heavy atom. The molecule has 1 heterocycles. The molecule has 1 saturated heterocycles. The maximum Gasteiger partial charge on any atom is 0.314 e. The van der Waals surface area contributed by atoms with Gasteiger partial charge >= 0.3 is 6.03 Å². The molecule has 12 heavy (non-hydrogen) atoms. The van der Waals surface area contributed by atoms with Crippen molar-refractivity contribution in [1.29, 1.82) is 0 Å². The van der Waals surface area contributed by atoms with Crippen molar-refractivity contribution in [2.24, 2.45) is 16.8 Å². The van der Waals surface area contributed by atoms with Gasteiger partial charge in [0.25, 0.3) is 0 Å². The molecule has 0 aromatic heterocycles. The molecule has 0 aliphatic carbocycles. The van der Waals surface area contributed by atoms with Crippen LogP contribution in [0.5, 0.6) is 0 Å². The van der Waals surface area contributed by atoms with Crippen LogP contribution in [-0.2, 0) is 0 Å². The molecule has 1 fully saturated rings. The monoisotopic (exact) mass is 189 g/mol. The number of rotatable bonds is 2. The van der Waals surface area contributed by atoms with E-state index in [1.165, 1.54) is 11.9 Å². The van der Waals surface area contributed by atoms with Gasteiger partial charge in [0.15, 0.2) is 0 Å². The lowest BCUT2D eigenvalue weighted by molar-refractivity contribution is 0.179. The highest BCUT2D eigenvalue weighted by molar-refractivity contribution is 7.97. The summed E-state index contributed by atoms with van der Waals surface area (Å²) in [5, 5.41) is 5.36. The minimum atomic E-state index is -0.304. The van der Waals surface area contributed by atoms with Crippen LogP contribution in [0.15, 0.2) is 0 Å². The van der Waals surface area contributed by atoms with Gasteiger partial charge < -0.3 is 10.6 Å². The Kier molecular flexibility index (Phi) is 3.68. The minimum Gasteiger partial charge on any atom is -0.351 e. The number of carbonyl (C=O) groups excluding carboxylic acids is 1.